The molecule has 2 N–H and O–H groups in total. The Morgan fingerprint density at radius 2 is 1.78 bits per heavy atom. The fraction of sp³-hybridized carbons (Fsp3) is 0.391. The van der Waals surface area contributed by atoms with Crippen molar-refractivity contribution in [2.24, 2.45) is 0 Å². The highest BCUT2D eigenvalue weighted by atomic mass is 16.2. The van der Waals surface area contributed by atoms with Crippen LogP contribution in [-0.2, 0) is 0 Å². The van der Waals surface area contributed by atoms with Crippen molar-refractivity contribution in [3.05, 3.63) is 52.4 Å². The number of nitrogens with one attached hydrogen (secondary N) is 2. The summed E-state index contributed by atoms with van der Waals surface area (Å²) in [5.41, 5.74) is 2.25. The lowest BCUT2D eigenvalue weighted by molar-refractivity contribution is 0.0961. The Morgan fingerprint density at radius 1 is 1.09 bits per heavy atom. The fourth-order valence-electron chi connectivity index (χ4n) is 3.83. The van der Waals surface area contributed by atoms with Gasteiger partial charge in [-0.3, -0.25) is 9.59 Å². The summed E-state index contributed by atoms with van der Waals surface area (Å²) < 4.78 is 1.82. The highest BCUT2D eigenvalue weighted by Gasteiger charge is 2.18. The topological polar surface area (TPSA) is 95.4 Å². The number of nitrogens with zero attached hydrogens (tertiary/aromatic N) is 5. The molecule has 0 saturated carbocycles. The highest BCUT2D eigenvalue weighted by Crippen LogP contribution is 2.22. The number of aromatic nitrogens is 3. The Kier molecular flexibility index (Phi) is 6.09. The van der Waals surface area contributed by atoms with E-state index in [1.807, 2.05) is 30.5 Å². The number of anilines is 3. The third-order valence-corrected chi connectivity index (χ3v) is 5.79. The van der Waals surface area contributed by atoms with E-state index in [0.717, 1.165) is 31.9 Å². The van der Waals surface area contributed by atoms with E-state index in [0.29, 0.717) is 17.0 Å². The number of carbonyl (C=O) groups excluding carboxylic acids is 1. The average molecular weight is 436 g/mol. The summed E-state index contributed by atoms with van der Waals surface area (Å²) in [5, 5.41) is 6.06. The SMILES string of the molecule is CNC(=O)c1cn(C(C)C)c2nc(Nc3ccc(N4CCN(C)CC4)cc3)ncc2c1=O. The summed E-state index contributed by atoms with van der Waals surface area (Å²) in [7, 11) is 3.65. The number of piperazine rings is 1. The van der Waals surface area contributed by atoms with Crippen molar-refractivity contribution in [3.63, 3.8) is 0 Å². The molecule has 1 aliphatic rings. The number of hydrogen-bond donors (Lipinski definition) is 2. The highest BCUT2D eigenvalue weighted by molar-refractivity contribution is 5.96. The van der Waals surface area contributed by atoms with Gasteiger partial charge in [0.05, 0.1) is 5.39 Å². The van der Waals surface area contributed by atoms with Crippen molar-refractivity contribution in [3.8, 4) is 0 Å². The van der Waals surface area contributed by atoms with Gasteiger partial charge in [0.25, 0.3) is 5.91 Å². The molecule has 9 nitrogen and oxygen atoms in total. The zero-order valence-electron chi connectivity index (χ0n) is 18.9. The molecule has 1 aliphatic heterocycles. The predicted molar refractivity (Wildman–Crippen MR) is 127 cm³/mol. The quantitative estimate of drug-likeness (QED) is 0.634. The standard InChI is InChI=1S/C23H29N7O2/c1-15(2)30-14-19(22(32)24-3)20(31)18-13-25-23(27-21(18)30)26-16-5-7-17(8-6-16)29-11-9-28(4)10-12-29/h5-8,13-15H,9-12H2,1-4H3,(H,24,32)(H,25,26,27). The van der Waals surface area contributed by atoms with Crippen LogP contribution in [0.5, 0.6) is 0 Å². The van der Waals surface area contributed by atoms with Crippen molar-refractivity contribution in [1.82, 2.24) is 24.8 Å². The van der Waals surface area contributed by atoms with E-state index < -0.39 is 5.91 Å². The first-order valence-corrected chi connectivity index (χ1v) is 10.8. The van der Waals surface area contributed by atoms with Crippen molar-refractivity contribution >= 4 is 34.3 Å². The van der Waals surface area contributed by atoms with Crippen LogP contribution in [0, 0.1) is 0 Å². The molecule has 0 unspecified atom stereocenters. The average Bonchev–Trinajstić information content (AvgIpc) is 2.79. The van der Waals surface area contributed by atoms with Crippen LogP contribution in [0.3, 0.4) is 0 Å². The van der Waals surface area contributed by atoms with Gasteiger partial charge in [0.15, 0.2) is 0 Å². The van der Waals surface area contributed by atoms with Gasteiger partial charge < -0.3 is 25.0 Å². The van der Waals surface area contributed by atoms with Gasteiger partial charge in [0.2, 0.25) is 11.4 Å². The van der Waals surface area contributed by atoms with Crippen molar-refractivity contribution in [1.29, 1.82) is 0 Å². The van der Waals surface area contributed by atoms with E-state index in [9.17, 15) is 9.59 Å². The molecule has 3 aromatic rings. The van der Waals surface area contributed by atoms with Crippen molar-refractivity contribution < 1.29 is 4.79 Å². The molecule has 0 aliphatic carbocycles. The van der Waals surface area contributed by atoms with Gasteiger partial charge in [0.1, 0.15) is 11.2 Å². The molecule has 1 amide bonds. The lowest BCUT2D eigenvalue weighted by Gasteiger charge is -2.34. The van der Waals surface area contributed by atoms with Crippen LogP contribution in [-0.4, -0.2) is 65.6 Å². The minimum atomic E-state index is -0.422. The molecule has 3 heterocycles. The van der Waals surface area contributed by atoms with Gasteiger partial charge in [-0.15, -0.1) is 0 Å². The van der Waals surface area contributed by atoms with Crippen LogP contribution in [0.1, 0.15) is 30.2 Å². The van der Waals surface area contributed by atoms with Gasteiger partial charge in [-0.2, -0.15) is 4.98 Å². The summed E-state index contributed by atoms with van der Waals surface area (Å²) >= 11 is 0. The maximum absolute atomic E-state index is 12.8. The van der Waals surface area contributed by atoms with Crippen LogP contribution >= 0.6 is 0 Å². The summed E-state index contributed by atoms with van der Waals surface area (Å²) in [4.78, 5) is 38.6. The maximum Gasteiger partial charge on any atom is 0.256 e. The van der Waals surface area contributed by atoms with Crippen molar-refractivity contribution in [2.45, 2.75) is 19.9 Å². The largest absolute Gasteiger partial charge is 0.369 e. The minimum absolute atomic E-state index is 0.00660. The molecular formula is C23H29N7O2. The first kappa shape index (κ1) is 21.8. The summed E-state index contributed by atoms with van der Waals surface area (Å²) in [6.45, 7) is 8.10. The number of fused-ring (bicyclic) bond motifs is 1. The number of pyridine rings is 1. The molecular weight excluding hydrogens is 406 g/mol. The molecule has 168 valence electrons. The molecule has 1 fully saturated rings. The smallest absolute Gasteiger partial charge is 0.256 e. The number of carbonyl (C=O) groups is 1. The molecule has 1 saturated heterocycles. The van der Waals surface area contributed by atoms with Gasteiger partial charge in [-0.05, 0) is 45.2 Å². The third kappa shape index (κ3) is 4.29. The monoisotopic (exact) mass is 435 g/mol. The number of likely N-dealkylation sites (N-methyl/N-ethyl adjacent to an activating group) is 1. The molecule has 0 atom stereocenters. The maximum atomic E-state index is 12.8. The first-order chi connectivity index (χ1) is 15.4. The first-order valence-electron chi connectivity index (χ1n) is 10.8. The number of hydrogen-bond acceptors (Lipinski definition) is 7. The minimum Gasteiger partial charge on any atom is -0.369 e. The lowest BCUT2D eigenvalue weighted by atomic mass is 10.2. The Morgan fingerprint density at radius 3 is 2.41 bits per heavy atom. The zero-order chi connectivity index (χ0) is 22.8. The van der Waals surface area contributed by atoms with E-state index in [1.54, 1.807) is 6.20 Å². The Bertz CT molecular complexity index is 1180. The van der Waals surface area contributed by atoms with Crippen LogP contribution < -0.4 is 21.0 Å². The molecule has 0 bridgehead atoms. The third-order valence-electron chi connectivity index (χ3n) is 5.79. The second-order valence-corrected chi connectivity index (χ2v) is 8.35. The molecule has 1 aromatic carbocycles. The molecule has 9 heteroatoms. The molecule has 0 radical (unpaired) electrons. The summed E-state index contributed by atoms with van der Waals surface area (Å²) in [6, 6.07) is 8.20. The van der Waals surface area contributed by atoms with Crippen molar-refractivity contribution in [2.75, 3.05) is 50.5 Å². The molecule has 4 rings (SSSR count). The lowest BCUT2D eigenvalue weighted by Crippen LogP contribution is -2.44. The van der Waals surface area contributed by atoms with Crippen LogP contribution in [0.2, 0.25) is 0 Å². The Hall–Kier alpha value is -3.46. The van der Waals surface area contributed by atoms with Crippen LogP contribution in [0.15, 0.2) is 41.5 Å². The molecule has 32 heavy (non-hydrogen) atoms. The predicted octanol–water partition coefficient (Wildman–Crippen LogP) is 2.23. The summed E-state index contributed by atoms with van der Waals surface area (Å²) in [6.07, 6.45) is 3.05. The van der Waals surface area contributed by atoms with E-state index in [1.165, 1.54) is 18.9 Å². The zero-order valence-corrected chi connectivity index (χ0v) is 18.9. The second kappa shape index (κ2) is 8.96. The van der Waals surface area contributed by atoms with E-state index in [-0.39, 0.29) is 17.0 Å². The fourth-order valence-corrected chi connectivity index (χ4v) is 3.83. The van der Waals surface area contributed by atoms with Crippen LogP contribution in [0.4, 0.5) is 17.3 Å². The summed E-state index contributed by atoms with van der Waals surface area (Å²) in [5.74, 6) is -0.0275. The van der Waals surface area contributed by atoms with Gasteiger partial charge in [0, 0.05) is 63.0 Å². The normalized spacial score (nSPS) is 14.7. The van der Waals surface area contributed by atoms with E-state index >= 15 is 0 Å². The number of benzene rings is 1. The van der Waals surface area contributed by atoms with E-state index in [2.05, 4.69) is 49.6 Å². The van der Waals surface area contributed by atoms with Gasteiger partial charge in [-0.1, -0.05) is 0 Å². The molecule has 0 spiro atoms. The van der Waals surface area contributed by atoms with Gasteiger partial charge in [-0.25, -0.2) is 4.98 Å². The second-order valence-electron chi connectivity index (χ2n) is 8.35. The number of rotatable bonds is 5. The number of amides is 1. The Labute approximate surface area is 187 Å². The van der Waals surface area contributed by atoms with Gasteiger partial charge >= 0.3 is 0 Å². The van der Waals surface area contributed by atoms with E-state index in [4.69, 9.17) is 0 Å². The molecule has 2 aromatic heterocycles. The van der Waals surface area contributed by atoms with Crippen LogP contribution in [0.25, 0.3) is 11.0 Å². The Balaban J connectivity index is 1.62.